The highest BCUT2D eigenvalue weighted by Gasteiger charge is 2.05. The Bertz CT molecular complexity index is 235. The maximum Gasteiger partial charge on any atom is 0.0413 e. The monoisotopic (exact) mass is 213 g/mol. The highest BCUT2D eigenvalue weighted by molar-refractivity contribution is 9.10. The SMILES string of the molecule is CCC(C)c1ccncc1Br. The van der Waals surface area contributed by atoms with E-state index in [0.29, 0.717) is 5.92 Å². The Balaban J connectivity index is 2.93. The van der Waals surface area contributed by atoms with Crippen LogP contribution in [0.4, 0.5) is 0 Å². The van der Waals surface area contributed by atoms with Crippen molar-refractivity contribution in [3.63, 3.8) is 0 Å². The average molecular weight is 214 g/mol. The predicted octanol–water partition coefficient (Wildman–Crippen LogP) is 3.36. The summed E-state index contributed by atoms with van der Waals surface area (Å²) in [5.74, 6) is 0.618. The molecule has 1 unspecified atom stereocenters. The van der Waals surface area contributed by atoms with E-state index in [1.54, 1.807) is 0 Å². The molecule has 0 aromatic carbocycles. The molecular formula is C9H12BrN. The van der Waals surface area contributed by atoms with E-state index < -0.39 is 0 Å². The summed E-state index contributed by atoms with van der Waals surface area (Å²) < 4.78 is 1.12. The first-order chi connectivity index (χ1) is 5.25. The van der Waals surface area contributed by atoms with Gasteiger partial charge in [-0.05, 0) is 39.9 Å². The number of hydrogen-bond donors (Lipinski definition) is 0. The van der Waals surface area contributed by atoms with Gasteiger partial charge in [0.1, 0.15) is 0 Å². The highest BCUT2D eigenvalue weighted by atomic mass is 79.9. The Morgan fingerprint density at radius 3 is 2.91 bits per heavy atom. The maximum absolute atomic E-state index is 4.01. The van der Waals surface area contributed by atoms with Gasteiger partial charge in [0, 0.05) is 16.9 Å². The van der Waals surface area contributed by atoms with E-state index in [4.69, 9.17) is 0 Å². The summed E-state index contributed by atoms with van der Waals surface area (Å²) in [5, 5.41) is 0. The van der Waals surface area contributed by atoms with Gasteiger partial charge in [0.2, 0.25) is 0 Å². The molecule has 11 heavy (non-hydrogen) atoms. The maximum atomic E-state index is 4.01. The molecule has 0 saturated heterocycles. The minimum absolute atomic E-state index is 0.618. The van der Waals surface area contributed by atoms with Gasteiger partial charge < -0.3 is 0 Å². The molecule has 1 atom stereocenters. The third kappa shape index (κ3) is 2.03. The van der Waals surface area contributed by atoms with Crippen LogP contribution in [-0.4, -0.2) is 4.98 Å². The second-order valence-electron chi connectivity index (χ2n) is 2.71. The van der Waals surface area contributed by atoms with Crippen molar-refractivity contribution in [2.75, 3.05) is 0 Å². The van der Waals surface area contributed by atoms with Crippen LogP contribution in [0, 0.1) is 0 Å². The van der Waals surface area contributed by atoms with Crippen molar-refractivity contribution < 1.29 is 0 Å². The molecule has 0 aliphatic rings. The molecule has 0 radical (unpaired) electrons. The van der Waals surface area contributed by atoms with E-state index in [1.807, 2.05) is 12.4 Å². The van der Waals surface area contributed by atoms with E-state index >= 15 is 0 Å². The summed E-state index contributed by atoms with van der Waals surface area (Å²) in [6.45, 7) is 4.41. The minimum Gasteiger partial charge on any atom is -0.264 e. The number of halogens is 1. The first kappa shape index (κ1) is 8.72. The van der Waals surface area contributed by atoms with E-state index in [1.165, 1.54) is 12.0 Å². The zero-order chi connectivity index (χ0) is 8.27. The summed E-state index contributed by atoms with van der Waals surface area (Å²) in [5.41, 5.74) is 1.35. The number of nitrogens with zero attached hydrogens (tertiary/aromatic N) is 1. The van der Waals surface area contributed by atoms with Crippen LogP contribution in [0.25, 0.3) is 0 Å². The van der Waals surface area contributed by atoms with E-state index in [-0.39, 0.29) is 0 Å². The second kappa shape index (κ2) is 3.86. The molecule has 0 aliphatic heterocycles. The molecular weight excluding hydrogens is 202 g/mol. The molecule has 1 rings (SSSR count). The lowest BCUT2D eigenvalue weighted by Crippen LogP contribution is -1.92. The van der Waals surface area contributed by atoms with Crippen molar-refractivity contribution >= 4 is 15.9 Å². The van der Waals surface area contributed by atoms with Crippen molar-refractivity contribution in [1.82, 2.24) is 4.98 Å². The molecule has 1 heterocycles. The summed E-state index contributed by atoms with van der Waals surface area (Å²) in [4.78, 5) is 4.01. The topological polar surface area (TPSA) is 12.9 Å². The van der Waals surface area contributed by atoms with Crippen LogP contribution in [0.1, 0.15) is 31.7 Å². The number of rotatable bonds is 2. The summed E-state index contributed by atoms with van der Waals surface area (Å²) in [7, 11) is 0. The fourth-order valence-electron chi connectivity index (χ4n) is 1.01. The minimum atomic E-state index is 0.618. The summed E-state index contributed by atoms with van der Waals surface area (Å²) in [6.07, 6.45) is 4.86. The van der Waals surface area contributed by atoms with Gasteiger partial charge in [0.05, 0.1) is 0 Å². The summed E-state index contributed by atoms with van der Waals surface area (Å²) in [6, 6.07) is 2.07. The van der Waals surface area contributed by atoms with Crippen molar-refractivity contribution in [2.24, 2.45) is 0 Å². The molecule has 0 bridgehead atoms. The van der Waals surface area contributed by atoms with Crippen LogP contribution < -0.4 is 0 Å². The Morgan fingerprint density at radius 2 is 2.36 bits per heavy atom. The lowest BCUT2D eigenvalue weighted by atomic mass is 10.0. The van der Waals surface area contributed by atoms with Gasteiger partial charge in [0.25, 0.3) is 0 Å². The third-order valence-electron chi connectivity index (χ3n) is 1.95. The molecule has 0 fully saturated rings. The first-order valence-corrected chi connectivity index (χ1v) is 4.64. The van der Waals surface area contributed by atoms with Crippen LogP contribution in [0.2, 0.25) is 0 Å². The molecule has 0 aliphatic carbocycles. The first-order valence-electron chi connectivity index (χ1n) is 3.85. The normalized spacial score (nSPS) is 13.0. The van der Waals surface area contributed by atoms with Crippen molar-refractivity contribution in [3.8, 4) is 0 Å². The average Bonchev–Trinajstić information content (AvgIpc) is 2.04. The molecule has 1 aromatic heterocycles. The largest absolute Gasteiger partial charge is 0.264 e. The van der Waals surface area contributed by atoms with Gasteiger partial charge in [0.15, 0.2) is 0 Å². The molecule has 2 heteroatoms. The molecule has 0 saturated carbocycles. The molecule has 1 nitrogen and oxygen atoms in total. The lowest BCUT2D eigenvalue weighted by Gasteiger charge is -2.09. The molecule has 0 spiro atoms. The molecule has 1 aromatic rings. The Hall–Kier alpha value is -0.370. The van der Waals surface area contributed by atoms with Crippen molar-refractivity contribution in [3.05, 3.63) is 28.5 Å². The van der Waals surface area contributed by atoms with Gasteiger partial charge in [-0.25, -0.2) is 0 Å². The van der Waals surface area contributed by atoms with Crippen molar-refractivity contribution in [1.29, 1.82) is 0 Å². The summed E-state index contributed by atoms with van der Waals surface area (Å²) >= 11 is 3.48. The molecule has 60 valence electrons. The Labute approximate surface area is 76.0 Å². The third-order valence-corrected chi connectivity index (χ3v) is 2.61. The Morgan fingerprint density at radius 1 is 1.64 bits per heavy atom. The fourth-order valence-corrected chi connectivity index (χ4v) is 1.65. The number of hydrogen-bond acceptors (Lipinski definition) is 1. The number of pyridine rings is 1. The van der Waals surface area contributed by atoms with E-state index in [0.717, 1.165) is 4.47 Å². The van der Waals surface area contributed by atoms with Gasteiger partial charge in [-0.2, -0.15) is 0 Å². The molecule has 0 N–H and O–H groups in total. The van der Waals surface area contributed by atoms with E-state index in [9.17, 15) is 0 Å². The highest BCUT2D eigenvalue weighted by Crippen LogP contribution is 2.25. The van der Waals surface area contributed by atoms with Crippen LogP contribution in [-0.2, 0) is 0 Å². The standard InChI is InChI=1S/C9H12BrN/c1-3-7(2)8-4-5-11-6-9(8)10/h4-7H,3H2,1-2H3. The molecule has 0 amide bonds. The van der Waals surface area contributed by atoms with Crippen LogP contribution in [0.3, 0.4) is 0 Å². The smallest absolute Gasteiger partial charge is 0.0413 e. The van der Waals surface area contributed by atoms with E-state index in [2.05, 4.69) is 40.8 Å². The Kier molecular flexibility index (Phi) is 3.06. The lowest BCUT2D eigenvalue weighted by molar-refractivity contribution is 0.728. The van der Waals surface area contributed by atoms with Crippen LogP contribution in [0.5, 0.6) is 0 Å². The van der Waals surface area contributed by atoms with Gasteiger partial charge in [-0.1, -0.05) is 13.8 Å². The van der Waals surface area contributed by atoms with Gasteiger partial charge in [-0.3, -0.25) is 4.98 Å². The fraction of sp³-hybridized carbons (Fsp3) is 0.444. The number of aromatic nitrogens is 1. The van der Waals surface area contributed by atoms with Gasteiger partial charge >= 0.3 is 0 Å². The quantitative estimate of drug-likeness (QED) is 0.735. The van der Waals surface area contributed by atoms with Crippen LogP contribution in [0.15, 0.2) is 22.9 Å². The second-order valence-corrected chi connectivity index (χ2v) is 3.56. The zero-order valence-corrected chi connectivity index (χ0v) is 8.43. The van der Waals surface area contributed by atoms with Gasteiger partial charge in [-0.15, -0.1) is 0 Å². The van der Waals surface area contributed by atoms with Crippen molar-refractivity contribution in [2.45, 2.75) is 26.2 Å². The predicted molar refractivity (Wildman–Crippen MR) is 50.6 cm³/mol. The zero-order valence-electron chi connectivity index (χ0n) is 6.84. The van der Waals surface area contributed by atoms with Crippen LogP contribution >= 0.6 is 15.9 Å².